The van der Waals surface area contributed by atoms with E-state index in [2.05, 4.69) is 36.4 Å². The Morgan fingerprint density at radius 1 is 1.13 bits per heavy atom. The number of rotatable bonds is 0. The summed E-state index contributed by atoms with van der Waals surface area (Å²) in [6.45, 7) is 0. The van der Waals surface area contributed by atoms with Gasteiger partial charge in [-0.2, -0.15) is 11.8 Å². The average Bonchev–Trinajstić information content (AvgIpc) is 2.29. The summed E-state index contributed by atoms with van der Waals surface area (Å²) in [7, 11) is 0. The van der Waals surface area contributed by atoms with Crippen LogP contribution in [0.3, 0.4) is 0 Å². The lowest BCUT2D eigenvalue weighted by Gasteiger charge is -2.22. The molecule has 0 fully saturated rings. The van der Waals surface area contributed by atoms with Gasteiger partial charge in [0.2, 0.25) is 0 Å². The van der Waals surface area contributed by atoms with Crippen LogP contribution >= 0.6 is 11.8 Å². The number of benzene rings is 2. The van der Waals surface area contributed by atoms with Gasteiger partial charge in [0, 0.05) is 11.5 Å². The van der Waals surface area contributed by atoms with Crippen molar-refractivity contribution in [2.45, 2.75) is 11.9 Å². The van der Waals surface area contributed by atoms with E-state index in [4.69, 9.17) is 0 Å². The van der Waals surface area contributed by atoms with Crippen LogP contribution in [0.25, 0.3) is 10.8 Å². The minimum atomic E-state index is -0.289. The fourth-order valence-corrected chi connectivity index (χ4v) is 3.24. The molecule has 0 unspecified atom stereocenters. The second-order valence-electron chi connectivity index (χ2n) is 3.89. The summed E-state index contributed by atoms with van der Waals surface area (Å²) in [5, 5.41) is 12.5. The van der Waals surface area contributed by atoms with Gasteiger partial charge in [0.25, 0.3) is 0 Å². The van der Waals surface area contributed by atoms with E-state index < -0.39 is 0 Å². The maximum Gasteiger partial charge on any atom is 0.0883 e. The first kappa shape index (κ1) is 9.25. The highest BCUT2D eigenvalue weighted by molar-refractivity contribution is 7.98. The SMILES string of the molecule is O[C@@H]1CSCc2c1ccc1ccccc21. The van der Waals surface area contributed by atoms with Crippen LogP contribution in [0.15, 0.2) is 36.4 Å². The Morgan fingerprint density at radius 3 is 2.93 bits per heavy atom. The third kappa shape index (κ3) is 1.45. The summed E-state index contributed by atoms with van der Waals surface area (Å²) in [6.07, 6.45) is -0.289. The second-order valence-corrected chi connectivity index (χ2v) is 4.92. The van der Waals surface area contributed by atoms with Crippen LogP contribution in [0.2, 0.25) is 0 Å². The summed E-state index contributed by atoms with van der Waals surface area (Å²) in [5.41, 5.74) is 2.43. The molecule has 0 radical (unpaired) electrons. The molecule has 1 heterocycles. The molecule has 0 aliphatic carbocycles. The smallest absolute Gasteiger partial charge is 0.0883 e. The molecule has 1 aliphatic rings. The first-order valence-corrected chi connectivity index (χ1v) is 6.28. The molecule has 2 heteroatoms. The van der Waals surface area contributed by atoms with E-state index in [-0.39, 0.29) is 6.10 Å². The Morgan fingerprint density at radius 2 is 2.00 bits per heavy atom. The largest absolute Gasteiger partial charge is 0.388 e. The highest BCUT2D eigenvalue weighted by atomic mass is 32.2. The summed E-state index contributed by atoms with van der Waals surface area (Å²) >= 11 is 1.81. The quantitative estimate of drug-likeness (QED) is 0.730. The molecule has 15 heavy (non-hydrogen) atoms. The third-order valence-corrected chi connectivity index (χ3v) is 4.00. The van der Waals surface area contributed by atoms with E-state index >= 15 is 0 Å². The van der Waals surface area contributed by atoms with E-state index in [1.54, 1.807) is 0 Å². The molecule has 0 aromatic heterocycles. The molecule has 3 rings (SSSR count). The summed E-state index contributed by atoms with van der Waals surface area (Å²) in [6, 6.07) is 12.6. The number of thioether (sulfide) groups is 1. The molecule has 76 valence electrons. The van der Waals surface area contributed by atoms with Crippen molar-refractivity contribution in [1.82, 2.24) is 0 Å². The minimum Gasteiger partial charge on any atom is -0.388 e. The van der Waals surface area contributed by atoms with Gasteiger partial charge in [0.1, 0.15) is 0 Å². The van der Waals surface area contributed by atoms with Crippen LogP contribution in [-0.2, 0) is 5.75 Å². The van der Waals surface area contributed by atoms with Crippen LogP contribution in [0, 0.1) is 0 Å². The standard InChI is InChI=1S/C13H12OS/c14-13-8-15-7-12-10-4-2-1-3-9(10)5-6-11(12)13/h1-6,13-14H,7-8H2/t13-/m1/s1. The predicted octanol–water partition coefficient (Wildman–Crippen LogP) is 3.12. The minimum absolute atomic E-state index is 0.289. The fraction of sp³-hybridized carbons (Fsp3) is 0.231. The highest BCUT2D eigenvalue weighted by Gasteiger charge is 2.19. The molecule has 1 N–H and O–H groups in total. The first-order chi connectivity index (χ1) is 7.36. The predicted molar refractivity (Wildman–Crippen MR) is 65.1 cm³/mol. The van der Waals surface area contributed by atoms with Gasteiger partial charge in [-0.1, -0.05) is 36.4 Å². The number of aliphatic hydroxyl groups is 1. The monoisotopic (exact) mass is 216 g/mol. The highest BCUT2D eigenvalue weighted by Crippen LogP contribution is 2.35. The molecule has 0 spiro atoms. The van der Waals surface area contributed by atoms with Crippen molar-refractivity contribution in [1.29, 1.82) is 0 Å². The van der Waals surface area contributed by atoms with Crippen molar-refractivity contribution >= 4 is 22.5 Å². The topological polar surface area (TPSA) is 20.2 Å². The van der Waals surface area contributed by atoms with Gasteiger partial charge < -0.3 is 5.11 Å². The van der Waals surface area contributed by atoms with Crippen molar-refractivity contribution < 1.29 is 5.11 Å². The van der Waals surface area contributed by atoms with Gasteiger partial charge in [0.05, 0.1) is 6.10 Å². The summed E-state index contributed by atoms with van der Waals surface area (Å²) in [5.74, 6) is 1.85. The zero-order valence-electron chi connectivity index (χ0n) is 8.31. The summed E-state index contributed by atoms with van der Waals surface area (Å²) < 4.78 is 0. The third-order valence-electron chi connectivity index (χ3n) is 2.96. The van der Waals surface area contributed by atoms with Gasteiger partial charge in [0.15, 0.2) is 0 Å². The molecule has 1 aliphatic heterocycles. The van der Waals surface area contributed by atoms with Crippen molar-refractivity contribution in [3.8, 4) is 0 Å². The van der Waals surface area contributed by atoms with Gasteiger partial charge in [-0.25, -0.2) is 0 Å². The number of hydrogen-bond donors (Lipinski definition) is 1. The molecule has 1 nitrogen and oxygen atoms in total. The second kappa shape index (κ2) is 3.54. The van der Waals surface area contributed by atoms with Crippen LogP contribution in [0.1, 0.15) is 17.2 Å². The van der Waals surface area contributed by atoms with Crippen molar-refractivity contribution in [2.24, 2.45) is 0 Å². The number of hydrogen-bond acceptors (Lipinski definition) is 2. The molecule has 0 bridgehead atoms. The van der Waals surface area contributed by atoms with E-state index in [0.717, 1.165) is 17.1 Å². The molecular formula is C13H12OS. The Kier molecular flexibility index (Phi) is 2.19. The molecule has 0 amide bonds. The van der Waals surface area contributed by atoms with Crippen LogP contribution < -0.4 is 0 Å². The zero-order valence-corrected chi connectivity index (χ0v) is 9.13. The fourth-order valence-electron chi connectivity index (χ4n) is 2.19. The summed E-state index contributed by atoms with van der Waals surface area (Å²) in [4.78, 5) is 0. The van der Waals surface area contributed by atoms with Gasteiger partial charge in [-0.3, -0.25) is 0 Å². The van der Waals surface area contributed by atoms with Crippen molar-refractivity contribution in [3.05, 3.63) is 47.5 Å². The zero-order chi connectivity index (χ0) is 10.3. The number of fused-ring (bicyclic) bond motifs is 3. The molecule has 2 aromatic carbocycles. The molecule has 0 saturated heterocycles. The number of aliphatic hydroxyl groups excluding tert-OH is 1. The Hall–Kier alpha value is -0.990. The first-order valence-electron chi connectivity index (χ1n) is 5.12. The van der Waals surface area contributed by atoms with Gasteiger partial charge in [-0.15, -0.1) is 0 Å². The van der Waals surface area contributed by atoms with E-state index in [1.165, 1.54) is 16.3 Å². The normalized spacial score (nSPS) is 20.2. The Labute approximate surface area is 93.1 Å². The lowest BCUT2D eigenvalue weighted by molar-refractivity contribution is 0.202. The van der Waals surface area contributed by atoms with Gasteiger partial charge in [-0.05, 0) is 21.9 Å². The molecular weight excluding hydrogens is 204 g/mol. The Balaban J connectivity index is 2.33. The lowest BCUT2D eigenvalue weighted by atomic mass is 9.97. The maximum absolute atomic E-state index is 9.90. The van der Waals surface area contributed by atoms with E-state index in [9.17, 15) is 5.11 Å². The molecule has 0 saturated carbocycles. The van der Waals surface area contributed by atoms with E-state index in [1.807, 2.05) is 11.8 Å². The van der Waals surface area contributed by atoms with Crippen LogP contribution in [0.5, 0.6) is 0 Å². The van der Waals surface area contributed by atoms with Gasteiger partial charge >= 0.3 is 0 Å². The van der Waals surface area contributed by atoms with Crippen molar-refractivity contribution in [3.63, 3.8) is 0 Å². The molecule has 2 aromatic rings. The van der Waals surface area contributed by atoms with Crippen LogP contribution in [-0.4, -0.2) is 10.9 Å². The van der Waals surface area contributed by atoms with Crippen LogP contribution in [0.4, 0.5) is 0 Å². The average molecular weight is 216 g/mol. The molecule has 1 atom stereocenters. The lowest BCUT2D eigenvalue weighted by Crippen LogP contribution is -2.10. The van der Waals surface area contributed by atoms with E-state index in [0.29, 0.717) is 0 Å². The Bertz CT molecular complexity index is 507. The maximum atomic E-state index is 9.90. The van der Waals surface area contributed by atoms with Crippen molar-refractivity contribution in [2.75, 3.05) is 5.75 Å².